The number of nitrogens with zero attached hydrogens (tertiary/aromatic N) is 4. The molecule has 7 heteroatoms. The Morgan fingerprint density at radius 3 is 2.75 bits per heavy atom. The maximum Gasteiger partial charge on any atom is 0.273 e. The van der Waals surface area contributed by atoms with E-state index in [1.165, 1.54) is 6.42 Å². The highest BCUT2D eigenvalue weighted by atomic mass is 16.2. The molecule has 1 unspecified atom stereocenters. The summed E-state index contributed by atoms with van der Waals surface area (Å²) in [4.78, 5) is 26.5. The molecule has 2 heterocycles. The van der Waals surface area contributed by atoms with Crippen LogP contribution >= 0.6 is 0 Å². The highest BCUT2D eigenvalue weighted by Crippen LogP contribution is 2.30. The number of hydrogen-bond acceptors (Lipinski definition) is 4. The van der Waals surface area contributed by atoms with Crippen LogP contribution in [0.15, 0.2) is 6.20 Å². The Bertz CT molecular complexity index is 594. The van der Waals surface area contributed by atoms with E-state index in [1.807, 2.05) is 18.7 Å². The van der Waals surface area contributed by atoms with Crippen molar-refractivity contribution in [3.05, 3.63) is 11.9 Å². The Labute approximate surface area is 142 Å². The van der Waals surface area contributed by atoms with E-state index in [1.54, 1.807) is 10.9 Å². The number of nitrogens with one attached hydrogen (secondary N) is 1. The second-order valence-electron chi connectivity index (χ2n) is 7.40. The van der Waals surface area contributed by atoms with Gasteiger partial charge in [-0.25, -0.2) is 4.68 Å². The number of rotatable bonds is 5. The van der Waals surface area contributed by atoms with E-state index >= 15 is 0 Å². The van der Waals surface area contributed by atoms with E-state index in [9.17, 15) is 9.59 Å². The fraction of sp³-hybridized carbons (Fsp3) is 0.765. The second-order valence-corrected chi connectivity index (χ2v) is 7.40. The lowest BCUT2D eigenvalue weighted by Crippen LogP contribution is -2.45. The van der Waals surface area contributed by atoms with Crippen molar-refractivity contribution in [2.75, 3.05) is 19.6 Å². The van der Waals surface area contributed by atoms with Crippen molar-refractivity contribution in [1.82, 2.24) is 25.2 Å². The molecule has 2 aliphatic rings. The zero-order valence-electron chi connectivity index (χ0n) is 14.6. The third-order valence-corrected chi connectivity index (χ3v) is 4.95. The monoisotopic (exact) mass is 333 g/mol. The molecule has 0 spiro atoms. The van der Waals surface area contributed by atoms with Crippen molar-refractivity contribution in [3.63, 3.8) is 0 Å². The molecule has 0 bridgehead atoms. The van der Waals surface area contributed by atoms with Gasteiger partial charge in [-0.3, -0.25) is 9.59 Å². The molecule has 1 aliphatic carbocycles. The lowest BCUT2D eigenvalue weighted by atomic mass is 9.84. The molecule has 24 heavy (non-hydrogen) atoms. The predicted octanol–water partition coefficient (Wildman–Crippen LogP) is 1.63. The van der Waals surface area contributed by atoms with Gasteiger partial charge in [0.15, 0.2) is 5.69 Å². The summed E-state index contributed by atoms with van der Waals surface area (Å²) in [5.74, 6) is 0.736. The quantitative estimate of drug-likeness (QED) is 0.888. The minimum absolute atomic E-state index is 0.113. The molecule has 7 nitrogen and oxygen atoms in total. The lowest BCUT2D eigenvalue weighted by Gasteiger charge is -2.37. The first kappa shape index (κ1) is 16.9. The van der Waals surface area contributed by atoms with Gasteiger partial charge in [0.05, 0.1) is 12.2 Å². The minimum atomic E-state index is -0.187. The maximum atomic E-state index is 12.4. The van der Waals surface area contributed by atoms with E-state index in [2.05, 4.69) is 15.6 Å². The van der Waals surface area contributed by atoms with Crippen molar-refractivity contribution >= 4 is 11.8 Å². The number of amides is 2. The standard InChI is InChI=1S/C17H27N5O2/c1-12(2)9-18-16(23)15-11-22(20-19-15)14-7-4-8-21(10-14)17(24)13-5-3-6-13/h11-14H,3-10H2,1-2H3,(H,18,23). The zero-order chi connectivity index (χ0) is 17.1. The first-order chi connectivity index (χ1) is 11.5. The molecular weight excluding hydrogens is 306 g/mol. The molecule has 0 radical (unpaired) electrons. The second kappa shape index (κ2) is 7.32. The normalized spacial score (nSPS) is 21.6. The van der Waals surface area contributed by atoms with Crippen LogP contribution in [-0.4, -0.2) is 51.3 Å². The fourth-order valence-electron chi connectivity index (χ4n) is 3.23. The summed E-state index contributed by atoms with van der Waals surface area (Å²) in [6.07, 6.45) is 6.87. The van der Waals surface area contributed by atoms with Crippen LogP contribution in [0.4, 0.5) is 0 Å². The highest BCUT2D eigenvalue weighted by molar-refractivity contribution is 5.91. The SMILES string of the molecule is CC(C)CNC(=O)c1cn(C2CCCN(C(=O)C3CCC3)C2)nn1. The van der Waals surface area contributed by atoms with Crippen LogP contribution in [0.3, 0.4) is 0 Å². The Morgan fingerprint density at radius 2 is 2.08 bits per heavy atom. The number of likely N-dealkylation sites (tertiary alicyclic amines) is 1. The molecular formula is C17H27N5O2. The van der Waals surface area contributed by atoms with Crippen molar-refractivity contribution in [1.29, 1.82) is 0 Å². The van der Waals surface area contributed by atoms with Crippen LogP contribution < -0.4 is 5.32 Å². The lowest BCUT2D eigenvalue weighted by molar-refractivity contribution is -0.139. The molecule has 1 aromatic rings. The van der Waals surface area contributed by atoms with Crippen LogP contribution in [0.2, 0.25) is 0 Å². The third kappa shape index (κ3) is 3.76. The summed E-state index contributed by atoms with van der Waals surface area (Å²) in [5.41, 5.74) is 0.345. The van der Waals surface area contributed by atoms with Crippen molar-refractivity contribution in [2.45, 2.75) is 52.0 Å². The molecule has 3 rings (SSSR count). The van der Waals surface area contributed by atoms with E-state index in [4.69, 9.17) is 0 Å². The zero-order valence-corrected chi connectivity index (χ0v) is 14.6. The predicted molar refractivity (Wildman–Crippen MR) is 89.4 cm³/mol. The largest absolute Gasteiger partial charge is 0.350 e. The molecule has 1 aromatic heterocycles. The smallest absolute Gasteiger partial charge is 0.273 e. The fourth-order valence-corrected chi connectivity index (χ4v) is 3.23. The Kier molecular flexibility index (Phi) is 5.16. The van der Waals surface area contributed by atoms with Crippen molar-refractivity contribution in [3.8, 4) is 0 Å². The number of piperidine rings is 1. The average Bonchev–Trinajstić information content (AvgIpc) is 3.01. The number of aromatic nitrogens is 3. The van der Waals surface area contributed by atoms with Gasteiger partial charge < -0.3 is 10.2 Å². The third-order valence-electron chi connectivity index (χ3n) is 4.95. The van der Waals surface area contributed by atoms with Gasteiger partial charge in [-0.1, -0.05) is 25.5 Å². The Morgan fingerprint density at radius 1 is 1.29 bits per heavy atom. The van der Waals surface area contributed by atoms with Gasteiger partial charge in [0.2, 0.25) is 5.91 Å². The van der Waals surface area contributed by atoms with Gasteiger partial charge in [-0.2, -0.15) is 0 Å². The number of hydrogen-bond donors (Lipinski definition) is 1. The van der Waals surface area contributed by atoms with Crippen molar-refractivity contribution in [2.24, 2.45) is 11.8 Å². The molecule has 1 N–H and O–H groups in total. The summed E-state index contributed by atoms with van der Waals surface area (Å²) >= 11 is 0. The Hall–Kier alpha value is -1.92. The summed E-state index contributed by atoms with van der Waals surface area (Å²) in [6, 6.07) is 0.113. The summed E-state index contributed by atoms with van der Waals surface area (Å²) in [6.45, 7) is 6.23. The van der Waals surface area contributed by atoms with E-state index < -0.39 is 0 Å². The highest BCUT2D eigenvalue weighted by Gasteiger charge is 2.33. The Balaban J connectivity index is 1.59. The number of carbonyl (C=O) groups excluding carboxylic acids is 2. The summed E-state index contributed by atoms with van der Waals surface area (Å²) < 4.78 is 1.75. The van der Waals surface area contributed by atoms with Gasteiger partial charge in [-0.05, 0) is 31.6 Å². The first-order valence-corrected chi connectivity index (χ1v) is 9.03. The van der Waals surface area contributed by atoms with E-state index in [0.29, 0.717) is 30.6 Å². The van der Waals surface area contributed by atoms with Crippen LogP contribution in [0.5, 0.6) is 0 Å². The molecule has 2 amide bonds. The molecule has 1 saturated heterocycles. The van der Waals surface area contributed by atoms with Crippen LogP contribution in [0.1, 0.15) is 62.5 Å². The molecule has 1 atom stereocenters. The van der Waals surface area contributed by atoms with Gasteiger partial charge in [0.25, 0.3) is 5.91 Å². The average molecular weight is 333 g/mol. The van der Waals surface area contributed by atoms with E-state index in [-0.39, 0.29) is 17.9 Å². The topological polar surface area (TPSA) is 80.1 Å². The number of carbonyl (C=O) groups is 2. The van der Waals surface area contributed by atoms with Crippen LogP contribution in [0.25, 0.3) is 0 Å². The van der Waals surface area contributed by atoms with Gasteiger partial charge in [-0.15, -0.1) is 5.10 Å². The van der Waals surface area contributed by atoms with Gasteiger partial charge >= 0.3 is 0 Å². The van der Waals surface area contributed by atoms with Gasteiger partial charge in [0, 0.05) is 25.6 Å². The molecule has 1 aliphatic heterocycles. The minimum Gasteiger partial charge on any atom is -0.350 e. The molecule has 2 fully saturated rings. The summed E-state index contributed by atoms with van der Waals surface area (Å²) in [5, 5.41) is 11.0. The molecule has 0 aromatic carbocycles. The van der Waals surface area contributed by atoms with Gasteiger partial charge in [0.1, 0.15) is 0 Å². The summed E-state index contributed by atoms with van der Waals surface area (Å²) in [7, 11) is 0. The molecule has 1 saturated carbocycles. The maximum absolute atomic E-state index is 12.4. The van der Waals surface area contributed by atoms with Crippen molar-refractivity contribution < 1.29 is 9.59 Å². The van der Waals surface area contributed by atoms with E-state index in [0.717, 1.165) is 32.2 Å². The first-order valence-electron chi connectivity index (χ1n) is 9.03. The van der Waals surface area contributed by atoms with Crippen LogP contribution in [-0.2, 0) is 4.79 Å². The van der Waals surface area contributed by atoms with Crippen LogP contribution in [0, 0.1) is 11.8 Å². The molecule has 132 valence electrons.